The quantitative estimate of drug-likeness (QED) is 0.681. The molecule has 3 rings (SSSR count). The molecule has 0 spiro atoms. The minimum Gasteiger partial charge on any atom is -0.132 e. The third-order valence-corrected chi connectivity index (χ3v) is 5.18. The molecule has 2 unspecified atom stereocenters. The smallest absolute Gasteiger partial charge is 0.0105 e. The number of aryl methyl sites for hydroxylation is 1. The summed E-state index contributed by atoms with van der Waals surface area (Å²) in [5, 5.41) is 1.59. The van der Waals surface area contributed by atoms with Crippen molar-refractivity contribution in [2.24, 2.45) is 0 Å². The van der Waals surface area contributed by atoms with Crippen LogP contribution in [0.4, 0.5) is 0 Å². The van der Waals surface area contributed by atoms with E-state index in [1.54, 1.807) is 10.9 Å². The standard InChI is InChI=1S/C17H19P/c1-3-6-15-14-8-5-4-7-13(14)11-16(15)17-12(2)9-10-18-17/h4-5,7-11,15,18H,3,6H2,1-2H3. The highest BCUT2D eigenvalue weighted by molar-refractivity contribution is 7.31. The van der Waals surface area contributed by atoms with Gasteiger partial charge in [-0.15, -0.1) is 8.19 Å². The Bertz CT molecular complexity index is 589. The highest BCUT2D eigenvalue weighted by Crippen LogP contribution is 2.47. The Labute approximate surface area is 111 Å². The topological polar surface area (TPSA) is 0 Å². The molecular formula is C17H19P. The molecule has 2 atom stereocenters. The minimum absolute atomic E-state index is 0.628. The van der Waals surface area contributed by atoms with Gasteiger partial charge in [-0.2, -0.15) is 0 Å². The van der Waals surface area contributed by atoms with Crippen LogP contribution in [0.15, 0.2) is 36.1 Å². The van der Waals surface area contributed by atoms with Crippen LogP contribution in [0.25, 0.3) is 11.6 Å². The number of rotatable bonds is 3. The summed E-state index contributed by atoms with van der Waals surface area (Å²) >= 11 is 0. The van der Waals surface area contributed by atoms with E-state index in [-0.39, 0.29) is 0 Å². The minimum atomic E-state index is 0.628. The molecule has 2 aromatic rings. The van der Waals surface area contributed by atoms with Crippen molar-refractivity contribution in [3.05, 3.63) is 58.1 Å². The van der Waals surface area contributed by atoms with Crippen LogP contribution in [0.3, 0.4) is 0 Å². The van der Waals surface area contributed by atoms with Crippen molar-refractivity contribution in [3.63, 3.8) is 0 Å². The lowest BCUT2D eigenvalue weighted by Gasteiger charge is -2.16. The van der Waals surface area contributed by atoms with Crippen LogP contribution in [0.1, 0.15) is 47.7 Å². The zero-order valence-corrected chi connectivity index (χ0v) is 12.0. The van der Waals surface area contributed by atoms with Crippen molar-refractivity contribution in [2.75, 3.05) is 0 Å². The van der Waals surface area contributed by atoms with Gasteiger partial charge < -0.3 is 0 Å². The first-order chi connectivity index (χ1) is 8.81. The summed E-state index contributed by atoms with van der Waals surface area (Å²) in [6.45, 7) is 4.54. The molecule has 18 heavy (non-hydrogen) atoms. The van der Waals surface area contributed by atoms with Gasteiger partial charge in [0.25, 0.3) is 0 Å². The van der Waals surface area contributed by atoms with Crippen molar-refractivity contribution in [1.82, 2.24) is 0 Å². The Hall–Kier alpha value is -1.26. The first kappa shape index (κ1) is 11.8. The molecule has 0 radical (unpaired) electrons. The highest BCUT2D eigenvalue weighted by Gasteiger charge is 2.25. The van der Waals surface area contributed by atoms with Crippen LogP contribution in [-0.2, 0) is 0 Å². The van der Waals surface area contributed by atoms with Crippen LogP contribution in [0, 0.1) is 6.92 Å². The fourth-order valence-corrected chi connectivity index (χ4v) is 4.22. The van der Waals surface area contributed by atoms with Gasteiger partial charge in [0.2, 0.25) is 0 Å². The van der Waals surface area contributed by atoms with Gasteiger partial charge in [0.15, 0.2) is 0 Å². The maximum Gasteiger partial charge on any atom is 0.0105 e. The van der Waals surface area contributed by atoms with E-state index in [0.29, 0.717) is 5.92 Å². The average molecular weight is 254 g/mol. The lowest BCUT2D eigenvalue weighted by molar-refractivity contribution is 0.738. The van der Waals surface area contributed by atoms with Crippen molar-refractivity contribution in [2.45, 2.75) is 32.6 Å². The number of hydrogen-bond acceptors (Lipinski definition) is 0. The van der Waals surface area contributed by atoms with E-state index in [4.69, 9.17) is 0 Å². The fraction of sp³-hybridized carbons (Fsp3) is 0.294. The Morgan fingerprint density at radius 1 is 1.17 bits per heavy atom. The Kier molecular flexibility index (Phi) is 3.14. The molecule has 0 fully saturated rings. The van der Waals surface area contributed by atoms with Gasteiger partial charge in [-0.05, 0) is 52.8 Å². The summed E-state index contributed by atoms with van der Waals surface area (Å²) in [5.41, 5.74) is 6.02. The normalized spacial score (nSPS) is 18.1. The van der Waals surface area contributed by atoms with E-state index in [1.807, 2.05) is 0 Å². The lowest BCUT2D eigenvalue weighted by Crippen LogP contribution is -1.97. The van der Waals surface area contributed by atoms with E-state index in [1.165, 1.54) is 29.5 Å². The molecule has 1 aliphatic rings. The number of allylic oxidation sites excluding steroid dienone is 1. The molecule has 92 valence electrons. The van der Waals surface area contributed by atoms with Gasteiger partial charge in [-0.1, -0.05) is 43.7 Å². The van der Waals surface area contributed by atoms with Crippen molar-refractivity contribution in [3.8, 4) is 0 Å². The zero-order chi connectivity index (χ0) is 12.5. The second-order valence-electron chi connectivity index (χ2n) is 5.11. The molecule has 0 N–H and O–H groups in total. The molecule has 0 bridgehead atoms. The predicted molar refractivity (Wildman–Crippen MR) is 82.6 cm³/mol. The van der Waals surface area contributed by atoms with Crippen LogP contribution < -0.4 is 0 Å². The molecule has 0 amide bonds. The van der Waals surface area contributed by atoms with E-state index < -0.39 is 0 Å². The largest absolute Gasteiger partial charge is 0.132 e. The van der Waals surface area contributed by atoms with Crippen LogP contribution in [0.2, 0.25) is 0 Å². The second kappa shape index (κ2) is 4.78. The van der Waals surface area contributed by atoms with Crippen molar-refractivity contribution >= 4 is 19.8 Å². The maximum absolute atomic E-state index is 2.43. The number of fused-ring (bicyclic) bond motifs is 1. The third-order valence-electron chi connectivity index (χ3n) is 3.88. The zero-order valence-electron chi connectivity index (χ0n) is 11.0. The van der Waals surface area contributed by atoms with E-state index in [9.17, 15) is 0 Å². The number of hydrogen-bond donors (Lipinski definition) is 0. The van der Waals surface area contributed by atoms with Gasteiger partial charge >= 0.3 is 0 Å². The monoisotopic (exact) mass is 254 g/mol. The average Bonchev–Trinajstić information content (AvgIpc) is 2.94. The van der Waals surface area contributed by atoms with Gasteiger partial charge in [0.1, 0.15) is 0 Å². The molecule has 0 nitrogen and oxygen atoms in total. The lowest BCUT2D eigenvalue weighted by atomic mass is 9.90. The van der Waals surface area contributed by atoms with Crippen molar-refractivity contribution in [1.29, 1.82) is 0 Å². The molecule has 1 aliphatic carbocycles. The first-order valence-electron chi connectivity index (χ1n) is 6.76. The molecule has 0 aliphatic heterocycles. The number of benzene rings is 1. The van der Waals surface area contributed by atoms with Gasteiger partial charge in [0.05, 0.1) is 0 Å². The molecule has 1 heteroatoms. The van der Waals surface area contributed by atoms with E-state index >= 15 is 0 Å². The van der Waals surface area contributed by atoms with Crippen LogP contribution in [0.5, 0.6) is 0 Å². The van der Waals surface area contributed by atoms with Gasteiger partial charge in [0, 0.05) is 5.92 Å². The second-order valence-corrected chi connectivity index (χ2v) is 6.23. The SMILES string of the molecule is CCCC1C(c2[pH]ccc2C)=Cc2ccccc21. The summed E-state index contributed by atoms with van der Waals surface area (Å²) in [6, 6.07) is 11.2. The van der Waals surface area contributed by atoms with Crippen molar-refractivity contribution < 1.29 is 0 Å². The van der Waals surface area contributed by atoms with Crippen LogP contribution in [-0.4, -0.2) is 0 Å². The van der Waals surface area contributed by atoms with E-state index in [0.717, 1.165) is 8.19 Å². The third kappa shape index (κ3) is 1.85. The van der Waals surface area contributed by atoms with Gasteiger partial charge in [-0.25, -0.2) is 0 Å². The summed E-state index contributed by atoms with van der Waals surface area (Å²) in [6.07, 6.45) is 4.94. The summed E-state index contributed by atoms with van der Waals surface area (Å²) in [5.74, 6) is 2.95. The molecule has 1 aromatic heterocycles. The Morgan fingerprint density at radius 2 is 2.00 bits per heavy atom. The molecular weight excluding hydrogens is 235 g/mol. The molecule has 1 heterocycles. The summed E-state index contributed by atoms with van der Waals surface area (Å²) in [7, 11) is 0.863. The fourth-order valence-electron chi connectivity index (χ4n) is 3.00. The Morgan fingerprint density at radius 3 is 2.72 bits per heavy atom. The molecule has 0 saturated carbocycles. The first-order valence-corrected chi connectivity index (χ1v) is 7.84. The summed E-state index contributed by atoms with van der Waals surface area (Å²) < 4.78 is 0. The maximum atomic E-state index is 2.43. The van der Waals surface area contributed by atoms with E-state index in [2.05, 4.69) is 56.1 Å². The Balaban J connectivity index is 2.08. The summed E-state index contributed by atoms with van der Waals surface area (Å²) in [4.78, 5) is 0. The van der Waals surface area contributed by atoms with Crippen LogP contribution >= 0.6 is 8.19 Å². The molecule has 1 aromatic carbocycles. The highest BCUT2D eigenvalue weighted by atomic mass is 31.0. The predicted octanol–water partition coefficient (Wildman–Crippen LogP) is 5.46. The van der Waals surface area contributed by atoms with Gasteiger partial charge in [-0.3, -0.25) is 0 Å². The molecule has 0 saturated heterocycles.